The van der Waals surface area contributed by atoms with Crippen LogP contribution in [-0.4, -0.2) is 43.1 Å². The Bertz CT molecular complexity index is 457. The summed E-state index contributed by atoms with van der Waals surface area (Å²) in [5.41, 5.74) is 0. The molecule has 1 saturated heterocycles. The second kappa shape index (κ2) is 12.8. The highest BCUT2D eigenvalue weighted by atomic mass is 16.5. The van der Waals surface area contributed by atoms with Crippen LogP contribution >= 0.6 is 0 Å². The molecule has 0 bridgehead atoms. The van der Waals surface area contributed by atoms with Crippen LogP contribution in [0.1, 0.15) is 77.0 Å². The predicted molar refractivity (Wildman–Crippen MR) is 92.2 cm³/mol. The number of esters is 1. The molecule has 1 fully saturated rings. The molecule has 25 heavy (non-hydrogen) atoms. The normalized spacial score (nSPS) is 19.3. The van der Waals surface area contributed by atoms with Gasteiger partial charge in [0.2, 0.25) is 0 Å². The number of hydrogen-bond donors (Lipinski definition) is 0. The summed E-state index contributed by atoms with van der Waals surface area (Å²) >= 11 is 0. The molecule has 0 aromatic heterocycles. The molecule has 0 amide bonds. The summed E-state index contributed by atoms with van der Waals surface area (Å²) in [6.45, 7) is 0.547. The molecule has 0 aromatic rings. The van der Waals surface area contributed by atoms with Gasteiger partial charge in [0.25, 0.3) is 0 Å². The van der Waals surface area contributed by atoms with Crippen molar-refractivity contribution in [2.45, 2.75) is 83.2 Å². The molecule has 1 atom stereocenters. The van der Waals surface area contributed by atoms with E-state index in [9.17, 15) is 19.2 Å². The Morgan fingerprint density at radius 3 is 2.40 bits per heavy atom. The lowest BCUT2D eigenvalue weighted by molar-refractivity contribution is -0.151. The van der Waals surface area contributed by atoms with Crippen molar-refractivity contribution in [2.75, 3.05) is 13.7 Å². The van der Waals surface area contributed by atoms with Gasteiger partial charge < -0.3 is 9.47 Å². The first-order chi connectivity index (χ1) is 12.0. The van der Waals surface area contributed by atoms with E-state index >= 15 is 0 Å². The Morgan fingerprint density at radius 1 is 1.00 bits per heavy atom. The van der Waals surface area contributed by atoms with Gasteiger partial charge >= 0.3 is 5.97 Å². The maximum atomic E-state index is 12.0. The van der Waals surface area contributed by atoms with Crippen molar-refractivity contribution in [1.29, 1.82) is 0 Å². The second-order valence-electron chi connectivity index (χ2n) is 6.61. The Kier molecular flexibility index (Phi) is 11.0. The van der Waals surface area contributed by atoms with Crippen LogP contribution in [0.5, 0.6) is 0 Å². The standard InChI is InChI=1S/C19H30O6/c1-24-14-4-6-16(21)8-9-17(22)11-13-18-12-10-15(20)5-2-3-7-19(23)25-18/h18H,2-14H2,1H3. The van der Waals surface area contributed by atoms with Crippen molar-refractivity contribution >= 4 is 23.3 Å². The molecule has 1 rings (SSSR count). The number of cyclic esters (lactones) is 1. The number of ketones is 3. The minimum atomic E-state index is -0.379. The fraction of sp³-hybridized carbons (Fsp3) is 0.789. The topological polar surface area (TPSA) is 86.7 Å². The minimum Gasteiger partial charge on any atom is -0.462 e. The lowest BCUT2D eigenvalue weighted by Gasteiger charge is -2.18. The summed E-state index contributed by atoms with van der Waals surface area (Å²) in [7, 11) is 1.59. The number of carbonyl (C=O) groups is 4. The van der Waals surface area contributed by atoms with Crippen molar-refractivity contribution in [3.05, 3.63) is 0 Å². The average Bonchev–Trinajstić information content (AvgIpc) is 2.59. The van der Waals surface area contributed by atoms with Crippen molar-refractivity contribution in [3.63, 3.8) is 0 Å². The largest absolute Gasteiger partial charge is 0.462 e. The van der Waals surface area contributed by atoms with E-state index in [1.54, 1.807) is 7.11 Å². The van der Waals surface area contributed by atoms with Crippen LogP contribution in [0.2, 0.25) is 0 Å². The molecule has 1 unspecified atom stereocenters. The summed E-state index contributed by atoms with van der Waals surface area (Å²) in [6, 6.07) is 0. The zero-order chi connectivity index (χ0) is 18.5. The first-order valence-electron chi connectivity index (χ1n) is 9.24. The summed E-state index contributed by atoms with van der Waals surface area (Å²) in [5, 5.41) is 0. The third-order valence-electron chi connectivity index (χ3n) is 4.36. The Morgan fingerprint density at radius 2 is 1.68 bits per heavy atom. The smallest absolute Gasteiger partial charge is 0.306 e. The number of rotatable bonds is 10. The highest BCUT2D eigenvalue weighted by Crippen LogP contribution is 2.17. The molecule has 0 N–H and O–H groups in total. The fourth-order valence-electron chi connectivity index (χ4n) is 2.81. The van der Waals surface area contributed by atoms with Gasteiger partial charge in [0.1, 0.15) is 23.5 Å². The SMILES string of the molecule is COCCCC(=O)CCC(=O)CCC1CCC(=O)CCCCC(=O)O1. The van der Waals surface area contributed by atoms with Crippen LogP contribution in [0.4, 0.5) is 0 Å². The molecule has 1 aliphatic rings. The van der Waals surface area contributed by atoms with Gasteiger partial charge in [0.05, 0.1) is 0 Å². The van der Waals surface area contributed by atoms with Gasteiger partial charge in [-0.25, -0.2) is 0 Å². The van der Waals surface area contributed by atoms with E-state index in [-0.39, 0.29) is 48.7 Å². The van der Waals surface area contributed by atoms with Crippen LogP contribution in [-0.2, 0) is 28.7 Å². The number of carbonyl (C=O) groups excluding carboxylic acids is 4. The number of methoxy groups -OCH3 is 1. The van der Waals surface area contributed by atoms with Crippen LogP contribution < -0.4 is 0 Å². The third kappa shape index (κ3) is 10.8. The van der Waals surface area contributed by atoms with Crippen molar-refractivity contribution < 1.29 is 28.7 Å². The first-order valence-corrected chi connectivity index (χ1v) is 9.24. The van der Waals surface area contributed by atoms with E-state index in [0.717, 1.165) is 6.42 Å². The molecule has 0 aliphatic carbocycles. The molecule has 0 saturated carbocycles. The van der Waals surface area contributed by atoms with Gasteiger partial charge in [-0.15, -0.1) is 0 Å². The van der Waals surface area contributed by atoms with E-state index in [1.807, 2.05) is 0 Å². The molecular weight excluding hydrogens is 324 g/mol. The van der Waals surface area contributed by atoms with Crippen LogP contribution in [0.3, 0.4) is 0 Å². The average molecular weight is 354 g/mol. The molecular formula is C19H30O6. The first kappa shape index (κ1) is 21.5. The van der Waals surface area contributed by atoms with Crippen LogP contribution in [0.25, 0.3) is 0 Å². The van der Waals surface area contributed by atoms with Gasteiger partial charge in [-0.05, 0) is 32.1 Å². The van der Waals surface area contributed by atoms with E-state index in [2.05, 4.69) is 0 Å². The van der Waals surface area contributed by atoms with Crippen molar-refractivity contribution in [1.82, 2.24) is 0 Å². The zero-order valence-corrected chi connectivity index (χ0v) is 15.2. The quantitative estimate of drug-likeness (QED) is 0.443. The number of Topliss-reactive ketones (excluding diaryl/α,β-unsaturated/α-hetero) is 3. The van der Waals surface area contributed by atoms with E-state index in [0.29, 0.717) is 58.0 Å². The van der Waals surface area contributed by atoms with E-state index in [1.165, 1.54) is 0 Å². The van der Waals surface area contributed by atoms with Crippen molar-refractivity contribution in [3.8, 4) is 0 Å². The van der Waals surface area contributed by atoms with Crippen molar-refractivity contribution in [2.24, 2.45) is 0 Å². The van der Waals surface area contributed by atoms with E-state index in [4.69, 9.17) is 9.47 Å². The van der Waals surface area contributed by atoms with Gasteiger partial charge in [-0.3, -0.25) is 19.2 Å². The Hall–Kier alpha value is -1.56. The predicted octanol–water partition coefficient (Wildman–Crippen LogP) is 2.95. The number of ether oxygens (including phenoxy) is 2. The summed E-state index contributed by atoms with van der Waals surface area (Å²) < 4.78 is 10.3. The van der Waals surface area contributed by atoms with Gasteiger partial charge in [-0.2, -0.15) is 0 Å². The van der Waals surface area contributed by atoms with E-state index < -0.39 is 0 Å². The fourth-order valence-corrected chi connectivity index (χ4v) is 2.81. The lowest BCUT2D eigenvalue weighted by Crippen LogP contribution is -2.21. The zero-order valence-electron chi connectivity index (χ0n) is 15.2. The third-order valence-corrected chi connectivity index (χ3v) is 4.36. The molecule has 1 aliphatic heterocycles. The van der Waals surface area contributed by atoms with Gasteiger partial charge in [0.15, 0.2) is 0 Å². The molecule has 0 spiro atoms. The summed E-state index contributed by atoms with van der Waals surface area (Å²) in [5.74, 6) is 0.0109. The molecule has 1 heterocycles. The van der Waals surface area contributed by atoms with Crippen LogP contribution in [0, 0.1) is 0 Å². The molecule has 6 nitrogen and oxygen atoms in total. The maximum Gasteiger partial charge on any atom is 0.306 e. The monoisotopic (exact) mass is 354 g/mol. The molecule has 0 aromatic carbocycles. The number of hydrogen-bond acceptors (Lipinski definition) is 6. The molecule has 142 valence electrons. The second-order valence-corrected chi connectivity index (χ2v) is 6.61. The molecule has 6 heteroatoms. The highest BCUT2D eigenvalue weighted by Gasteiger charge is 2.19. The summed E-state index contributed by atoms with van der Waals surface area (Å²) in [6.07, 6.45) is 5.03. The molecule has 0 radical (unpaired) electrons. The van der Waals surface area contributed by atoms with Gasteiger partial charge in [0, 0.05) is 58.7 Å². The minimum absolute atomic E-state index is 0.000406. The lowest BCUT2D eigenvalue weighted by atomic mass is 9.99. The Labute approximate surface area is 149 Å². The van der Waals surface area contributed by atoms with Gasteiger partial charge in [-0.1, -0.05) is 0 Å². The summed E-state index contributed by atoms with van der Waals surface area (Å²) in [4.78, 5) is 47.0. The Balaban J connectivity index is 2.29. The van der Waals surface area contributed by atoms with Crippen LogP contribution in [0.15, 0.2) is 0 Å². The maximum absolute atomic E-state index is 12.0. The highest BCUT2D eigenvalue weighted by molar-refractivity contribution is 5.86.